The van der Waals surface area contributed by atoms with E-state index in [0.29, 0.717) is 10.0 Å². The lowest BCUT2D eigenvalue weighted by Crippen LogP contribution is -2.05. The fraction of sp³-hybridized carbons (Fsp3) is 0.0588. The van der Waals surface area contributed by atoms with Crippen LogP contribution in [0.5, 0.6) is 0 Å². The molecule has 0 amide bonds. The Kier molecular flexibility index (Phi) is 4.27. The summed E-state index contributed by atoms with van der Waals surface area (Å²) in [6.45, 7) is 0. The number of benzene rings is 2. The van der Waals surface area contributed by atoms with E-state index in [1.165, 1.54) is 6.07 Å². The highest BCUT2D eigenvalue weighted by molar-refractivity contribution is 6.34. The Morgan fingerprint density at radius 2 is 1.55 bits per heavy atom. The van der Waals surface area contributed by atoms with Gasteiger partial charge in [0.25, 0.3) is 5.56 Å². The Bertz CT molecular complexity index is 817. The minimum Gasteiger partial charge on any atom is -0.268 e. The maximum atomic E-state index is 11.0. The lowest BCUT2D eigenvalue weighted by Gasteiger charge is -2.05. The van der Waals surface area contributed by atoms with Gasteiger partial charge < -0.3 is 0 Å². The van der Waals surface area contributed by atoms with E-state index in [2.05, 4.69) is 10.2 Å². The molecule has 0 atom stereocenters. The van der Waals surface area contributed by atoms with Gasteiger partial charge in [-0.25, -0.2) is 5.10 Å². The number of nitrogens with zero attached hydrogens (tertiary/aromatic N) is 1. The molecule has 0 aliphatic heterocycles. The monoisotopic (exact) mass is 330 g/mol. The Labute approximate surface area is 137 Å². The summed E-state index contributed by atoms with van der Waals surface area (Å²) >= 11 is 12.0. The number of H-pyrrole nitrogens is 1. The maximum absolute atomic E-state index is 11.0. The third kappa shape index (κ3) is 3.56. The molecule has 3 aromatic rings. The van der Waals surface area contributed by atoms with Crippen LogP contribution in [0.25, 0.3) is 11.3 Å². The summed E-state index contributed by atoms with van der Waals surface area (Å²) in [5.41, 5.74) is 3.68. The van der Waals surface area contributed by atoms with E-state index in [0.717, 1.165) is 28.8 Å². The van der Waals surface area contributed by atoms with Crippen LogP contribution in [0.15, 0.2) is 59.4 Å². The SMILES string of the molecule is O=c1ccc(-c2ccc(Cc3cc(Cl)cc(Cl)c3)cc2)n[nH]1. The van der Waals surface area contributed by atoms with Crippen molar-refractivity contribution in [3.63, 3.8) is 0 Å². The van der Waals surface area contributed by atoms with E-state index < -0.39 is 0 Å². The van der Waals surface area contributed by atoms with Crippen molar-refractivity contribution in [1.29, 1.82) is 0 Å². The van der Waals surface area contributed by atoms with Gasteiger partial charge in [0.05, 0.1) is 5.69 Å². The first-order chi connectivity index (χ1) is 10.6. The standard InChI is InChI=1S/C17H12Cl2N2O/c18-14-8-12(9-15(19)10-14)7-11-1-3-13(4-2-11)16-5-6-17(22)21-20-16/h1-6,8-10H,7H2,(H,21,22). The van der Waals surface area contributed by atoms with E-state index in [-0.39, 0.29) is 5.56 Å². The van der Waals surface area contributed by atoms with Crippen molar-refractivity contribution in [2.45, 2.75) is 6.42 Å². The smallest absolute Gasteiger partial charge is 0.264 e. The van der Waals surface area contributed by atoms with Gasteiger partial charge >= 0.3 is 0 Å². The second-order valence-corrected chi connectivity index (χ2v) is 5.83. The van der Waals surface area contributed by atoms with E-state index in [1.54, 1.807) is 12.1 Å². The third-order valence-electron chi connectivity index (χ3n) is 3.26. The van der Waals surface area contributed by atoms with Crippen LogP contribution in [0.4, 0.5) is 0 Å². The summed E-state index contributed by atoms with van der Waals surface area (Å²) in [6.07, 6.45) is 0.750. The normalized spacial score (nSPS) is 10.6. The molecule has 0 spiro atoms. The van der Waals surface area contributed by atoms with Crippen LogP contribution < -0.4 is 5.56 Å². The molecule has 0 bridgehead atoms. The highest BCUT2D eigenvalue weighted by atomic mass is 35.5. The van der Waals surface area contributed by atoms with Gasteiger partial charge in [-0.1, -0.05) is 47.5 Å². The summed E-state index contributed by atoms with van der Waals surface area (Å²) in [4.78, 5) is 11.0. The predicted octanol–water partition coefficient (Wildman–Crippen LogP) is 4.33. The van der Waals surface area contributed by atoms with Crippen molar-refractivity contribution in [1.82, 2.24) is 10.2 Å². The van der Waals surface area contributed by atoms with Gasteiger partial charge in [-0.15, -0.1) is 0 Å². The summed E-state index contributed by atoms with van der Waals surface area (Å²) < 4.78 is 0. The van der Waals surface area contributed by atoms with Gasteiger partial charge in [-0.2, -0.15) is 5.10 Å². The molecule has 22 heavy (non-hydrogen) atoms. The number of hydrogen-bond donors (Lipinski definition) is 1. The fourth-order valence-electron chi connectivity index (χ4n) is 2.25. The minimum atomic E-state index is -0.210. The Morgan fingerprint density at radius 1 is 0.864 bits per heavy atom. The van der Waals surface area contributed by atoms with Crippen LogP contribution in [0, 0.1) is 0 Å². The van der Waals surface area contributed by atoms with Gasteiger partial charge in [0.2, 0.25) is 0 Å². The van der Waals surface area contributed by atoms with Crippen LogP contribution in [-0.2, 0) is 6.42 Å². The summed E-state index contributed by atoms with van der Waals surface area (Å²) in [7, 11) is 0. The molecule has 0 radical (unpaired) electrons. The first-order valence-corrected chi connectivity index (χ1v) is 7.46. The van der Waals surface area contributed by atoms with Crippen molar-refractivity contribution in [2.24, 2.45) is 0 Å². The molecule has 0 aliphatic rings. The van der Waals surface area contributed by atoms with Crippen LogP contribution in [0.3, 0.4) is 0 Å². The summed E-state index contributed by atoms with van der Waals surface area (Å²) in [5, 5.41) is 7.71. The van der Waals surface area contributed by atoms with Crippen molar-refractivity contribution in [3.8, 4) is 11.3 Å². The fourth-order valence-corrected chi connectivity index (χ4v) is 2.82. The number of rotatable bonds is 3. The average Bonchev–Trinajstić information content (AvgIpc) is 2.48. The number of aromatic nitrogens is 2. The summed E-state index contributed by atoms with van der Waals surface area (Å²) in [5.74, 6) is 0. The van der Waals surface area contributed by atoms with Crippen molar-refractivity contribution >= 4 is 23.2 Å². The molecule has 0 unspecified atom stereocenters. The van der Waals surface area contributed by atoms with Crippen LogP contribution in [0.2, 0.25) is 10.0 Å². The van der Waals surface area contributed by atoms with E-state index >= 15 is 0 Å². The molecule has 2 aromatic carbocycles. The molecular weight excluding hydrogens is 319 g/mol. The van der Waals surface area contributed by atoms with Crippen molar-refractivity contribution in [2.75, 3.05) is 0 Å². The van der Waals surface area contributed by atoms with Crippen molar-refractivity contribution in [3.05, 3.63) is 86.1 Å². The lowest BCUT2D eigenvalue weighted by atomic mass is 10.0. The van der Waals surface area contributed by atoms with Crippen LogP contribution in [0.1, 0.15) is 11.1 Å². The highest BCUT2D eigenvalue weighted by Crippen LogP contribution is 2.22. The molecule has 0 saturated heterocycles. The molecule has 1 N–H and O–H groups in total. The molecule has 0 fully saturated rings. The number of hydrogen-bond acceptors (Lipinski definition) is 2. The van der Waals surface area contributed by atoms with Gasteiger partial charge in [-0.3, -0.25) is 4.79 Å². The maximum Gasteiger partial charge on any atom is 0.264 e. The predicted molar refractivity (Wildman–Crippen MR) is 89.6 cm³/mol. The zero-order valence-electron chi connectivity index (χ0n) is 11.5. The number of halogens is 2. The molecule has 3 rings (SSSR count). The van der Waals surface area contributed by atoms with Crippen LogP contribution in [-0.4, -0.2) is 10.2 Å². The molecular formula is C17H12Cl2N2O. The summed E-state index contributed by atoms with van der Waals surface area (Å²) in [6, 6.07) is 16.7. The minimum absolute atomic E-state index is 0.210. The quantitative estimate of drug-likeness (QED) is 0.776. The molecule has 110 valence electrons. The van der Waals surface area contributed by atoms with E-state index in [9.17, 15) is 4.79 Å². The highest BCUT2D eigenvalue weighted by Gasteiger charge is 2.03. The molecule has 1 aromatic heterocycles. The molecule has 5 heteroatoms. The molecule has 1 heterocycles. The average molecular weight is 331 g/mol. The molecule has 0 aliphatic carbocycles. The number of nitrogens with one attached hydrogen (secondary N) is 1. The molecule has 3 nitrogen and oxygen atoms in total. The largest absolute Gasteiger partial charge is 0.268 e. The van der Waals surface area contributed by atoms with Gasteiger partial charge in [0.1, 0.15) is 0 Å². The van der Waals surface area contributed by atoms with Crippen molar-refractivity contribution < 1.29 is 0 Å². The third-order valence-corrected chi connectivity index (χ3v) is 3.70. The lowest BCUT2D eigenvalue weighted by molar-refractivity contribution is 0.995. The Morgan fingerprint density at radius 3 is 2.14 bits per heavy atom. The topological polar surface area (TPSA) is 45.8 Å². The van der Waals surface area contributed by atoms with Crippen LogP contribution >= 0.6 is 23.2 Å². The number of aromatic amines is 1. The Balaban J connectivity index is 1.82. The zero-order chi connectivity index (χ0) is 15.5. The van der Waals surface area contributed by atoms with E-state index in [1.807, 2.05) is 36.4 Å². The molecule has 0 saturated carbocycles. The first kappa shape index (κ1) is 14.8. The first-order valence-electron chi connectivity index (χ1n) is 6.70. The Hall–Kier alpha value is -2.10. The second kappa shape index (κ2) is 6.34. The second-order valence-electron chi connectivity index (χ2n) is 4.96. The zero-order valence-corrected chi connectivity index (χ0v) is 13.0. The van der Waals surface area contributed by atoms with Gasteiger partial charge in [-0.05, 0) is 41.8 Å². The van der Waals surface area contributed by atoms with E-state index in [4.69, 9.17) is 23.2 Å². The van der Waals surface area contributed by atoms with Gasteiger partial charge in [0, 0.05) is 21.7 Å². The van der Waals surface area contributed by atoms with Gasteiger partial charge in [0.15, 0.2) is 0 Å².